The highest BCUT2D eigenvalue weighted by molar-refractivity contribution is 5.43. The van der Waals surface area contributed by atoms with Gasteiger partial charge in [-0.1, -0.05) is 19.8 Å². The van der Waals surface area contributed by atoms with E-state index in [9.17, 15) is 0 Å². The molecule has 110 valence electrons. The van der Waals surface area contributed by atoms with E-state index in [1.165, 1.54) is 38.5 Å². The molecule has 0 radical (unpaired) electrons. The van der Waals surface area contributed by atoms with Crippen molar-refractivity contribution >= 4 is 11.8 Å². The summed E-state index contributed by atoms with van der Waals surface area (Å²) in [5, 5.41) is 3.27. The third-order valence-electron chi connectivity index (χ3n) is 4.99. The Morgan fingerprint density at radius 2 is 1.95 bits per heavy atom. The van der Waals surface area contributed by atoms with E-state index in [1.807, 2.05) is 12.3 Å². The second kappa shape index (κ2) is 5.98. The van der Waals surface area contributed by atoms with Crippen LogP contribution in [0.1, 0.15) is 51.9 Å². The monoisotopic (exact) mass is 274 g/mol. The zero-order chi connectivity index (χ0) is 13.8. The van der Waals surface area contributed by atoms with Gasteiger partial charge in [-0.25, -0.2) is 4.98 Å². The Labute approximate surface area is 122 Å². The van der Waals surface area contributed by atoms with Crippen molar-refractivity contribution in [3.63, 3.8) is 0 Å². The van der Waals surface area contributed by atoms with Gasteiger partial charge in [0.25, 0.3) is 0 Å². The fourth-order valence-electron chi connectivity index (χ4n) is 3.68. The van der Waals surface area contributed by atoms with Crippen LogP contribution in [0.4, 0.5) is 11.8 Å². The van der Waals surface area contributed by atoms with Gasteiger partial charge in [0, 0.05) is 25.8 Å². The molecule has 4 nitrogen and oxygen atoms in total. The molecule has 1 N–H and O–H groups in total. The van der Waals surface area contributed by atoms with Gasteiger partial charge in [0.05, 0.1) is 0 Å². The first kappa shape index (κ1) is 13.7. The number of rotatable bonds is 4. The molecule has 3 rings (SSSR count). The summed E-state index contributed by atoms with van der Waals surface area (Å²) in [6.45, 7) is 5.41. The smallest absolute Gasteiger partial charge is 0.224 e. The van der Waals surface area contributed by atoms with Crippen molar-refractivity contribution in [2.45, 2.75) is 51.9 Å². The lowest BCUT2D eigenvalue weighted by Crippen LogP contribution is -2.39. The van der Waals surface area contributed by atoms with Crippen molar-refractivity contribution in [2.24, 2.45) is 5.41 Å². The van der Waals surface area contributed by atoms with Crippen LogP contribution in [0.3, 0.4) is 0 Å². The van der Waals surface area contributed by atoms with E-state index in [0.29, 0.717) is 5.41 Å². The maximum absolute atomic E-state index is 4.65. The van der Waals surface area contributed by atoms with E-state index in [0.717, 1.165) is 37.8 Å². The van der Waals surface area contributed by atoms with E-state index >= 15 is 0 Å². The summed E-state index contributed by atoms with van der Waals surface area (Å²) < 4.78 is 0. The van der Waals surface area contributed by atoms with Gasteiger partial charge >= 0.3 is 0 Å². The van der Waals surface area contributed by atoms with Gasteiger partial charge < -0.3 is 10.2 Å². The molecular weight excluding hydrogens is 248 g/mol. The van der Waals surface area contributed by atoms with Crippen LogP contribution in [0.5, 0.6) is 0 Å². The van der Waals surface area contributed by atoms with Crippen molar-refractivity contribution in [2.75, 3.05) is 29.9 Å². The molecule has 4 heteroatoms. The molecule has 0 atom stereocenters. The molecule has 20 heavy (non-hydrogen) atoms. The fraction of sp³-hybridized carbons (Fsp3) is 0.750. The number of anilines is 2. The van der Waals surface area contributed by atoms with Crippen LogP contribution >= 0.6 is 0 Å². The van der Waals surface area contributed by atoms with Crippen LogP contribution in [0.2, 0.25) is 0 Å². The average molecular weight is 274 g/mol. The molecule has 1 saturated heterocycles. The summed E-state index contributed by atoms with van der Waals surface area (Å²) in [5.74, 6) is 1.86. The molecule has 0 aromatic carbocycles. The minimum atomic E-state index is 0.673. The van der Waals surface area contributed by atoms with Crippen LogP contribution in [0.25, 0.3) is 0 Å². The number of nitrogens with one attached hydrogen (secondary N) is 1. The normalized spacial score (nSPS) is 21.4. The second-order valence-electron chi connectivity index (χ2n) is 6.36. The van der Waals surface area contributed by atoms with E-state index in [2.05, 4.69) is 27.1 Å². The molecule has 1 saturated carbocycles. The molecular formula is C16H26N4. The van der Waals surface area contributed by atoms with E-state index in [-0.39, 0.29) is 0 Å². The zero-order valence-electron chi connectivity index (χ0n) is 12.6. The lowest BCUT2D eigenvalue weighted by molar-refractivity contribution is 0.226. The highest BCUT2D eigenvalue weighted by Gasteiger charge is 2.37. The van der Waals surface area contributed by atoms with Crippen molar-refractivity contribution in [1.29, 1.82) is 0 Å². The topological polar surface area (TPSA) is 41.1 Å². The Bertz CT molecular complexity index is 430. The minimum Gasteiger partial charge on any atom is -0.356 e. The van der Waals surface area contributed by atoms with Gasteiger partial charge in [-0.05, 0) is 43.6 Å². The van der Waals surface area contributed by atoms with Gasteiger partial charge in [-0.15, -0.1) is 0 Å². The summed E-state index contributed by atoms with van der Waals surface area (Å²) in [5.41, 5.74) is 0.673. The standard InChI is InChI=1S/C16H26N4/c1-2-10-17-15-18-11-5-14(19-15)20-12-8-16(9-13-20)6-3-4-7-16/h5,11H,2-4,6-10,12-13H2,1H3,(H,17,18,19). The van der Waals surface area contributed by atoms with Crippen molar-refractivity contribution in [1.82, 2.24) is 9.97 Å². The Kier molecular flexibility index (Phi) is 4.08. The summed E-state index contributed by atoms with van der Waals surface area (Å²) in [6, 6.07) is 2.05. The largest absolute Gasteiger partial charge is 0.356 e. The maximum Gasteiger partial charge on any atom is 0.224 e. The molecule has 2 aliphatic rings. The van der Waals surface area contributed by atoms with Crippen LogP contribution in [0.15, 0.2) is 12.3 Å². The highest BCUT2D eigenvalue weighted by Crippen LogP contribution is 2.46. The molecule has 1 aliphatic carbocycles. The molecule has 2 fully saturated rings. The first-order chi connectivity index (χ1) is 9.81. The summed E-state index contributed by atoms with van der Waals surface area (Å²) in [6.07, 6.45) is 11.4. The lowest BCUT2D eigenvalue weighted by Gasteiger charge is -2.40. The van der Waals surface area contributed by atoms with Crippen LogP contribution in [0, 0.1) is 5.41 Å². The molecule has 0 unspecified atom stereocenters. The van der Waals surface area contributed by atoms with Gasteiger partial charge in [0.15, 0.2) is 0 Å². The van der Waals surface area contributed by atoms with Crippen molar-refractivity contribution in [3.05, 3.63) is 12.3 Å². The quantitative estimate of drug-likeness (QED) is 0.913. The second-order valence-corrected chi connectivity index (χ2v) is 6.36. The van der Waals surface area contributed by atoms with Crippen LogP contribution in [-0.4, -0.2) is 29.6 Å². The van der Waals surface area contributed by atoms with E-state index in [4.69, 9.17) is 0 Å². The van der Waals surface area contributed by atoms with Gasteiger partial charge in [-0.2, -0.15) is 4.98 Å². The minimum absolute atomic E-state index is 0.673. The summed E-state index contributed by atoms with van der Waals surface area (Å²) >= 11 is 0. The van der Waals surface area contributed by atoms with Crippen molar-refractivity contribution in [3.8, 4) is 0 Å². The molecule has 1 aromatic heterocycles. The fourth-order valence-corrected chi connectivity index (χ4v) is 3.68. The Hall–Kier alpha value is -1.32. The molecule has 1 aliphatic heterocycles. The lowest BCUT2D eigenvalue weighted by atomic mass is 9.77. The number of nitrogens with zero attached hydrogens (tertiary/aromatic N) is 3. The number of hydrogen-bond acceptors (Lipinski definition) is 4. The predicted octanol–water partition coefficient (Wildman–Crippen LogP) is 3.46. The van der Waals surface area contributed by atoms with Gasteiger partial charge in [0.1, 0.15) is 5.82 Å². The van der Waals surface area contributed by atoms with E-state index in [1.54, 1.807) is 0 Å². The maximum atomic E-state index is 4.65. The third-order valence-corrected chi connectivity index (χ3v) is 4.99. The zero-order valence-corrected chi connectivity index (χ0v) is 12.6. The number of hydrogen-bond donors (Lipinski definition) is 1. The summed E-state index contributed by atoms with van der Waals surface area (Å²) in [4.78, 5) is 11.4. The molecule has 0 amide bonds. The van der Waals surface area contributed by atoms with Gasteiger partial charge in [-0.3, -0.25) is 0 Å². The number of aromatic nitrogens is 2. The average Bonchev–Trinajstić information content (AvgIpc) is 2.94. The first-order valence-electron chi connectivity index (χ1n) is 8.13. The summed E-state index contributed by atoms with van der Waals surface area (Å²) in [7, 11) is 0. The van der Waals surface area contributed by atoms with Crippen molar-refractivity contribution < 1.29 is 0 Å². The van der Waals surface area contributed by atoms with E-state index < -0.39 is 0 Å². The third kappa shape index (κ3) is 2.89. The van der Waals surface area contributed by atoms with Gasteiger partial charge in [0.2, 0.25) is 5.95 Å². The predicted molar refractivity (Wildman–Crippen MR) is 83.2 cm³/mol. The Balaban J connectivity index is 1.62. The molecule has 1 spiro atoms. The van der Waals surface area contributed by atoms with Crippen LogP contribution in [-0.2, 0) is 0 Å². The highest BCUT2D eigenvalue weighted by atomic mass is 15.2. The SMILES string of the molecule is CCCNc1nccc(N2CCC3(CCCC3)CC2)n1. The first-order valence-corrected chi connectivity index (χ1v) is 8.13. The Morgan fingerprint density at radius 1 is 1.20 bits per heavy atom. The van der Waals surface area contributed by atoms with Crippen LogP contribution < -0.4 is 10.2 Å². The number of piperidine rings is 1. The Morgan fingerprint density at radius 3 is 2.65 bits per heavy atom. The molecule has 2 heterocycles. The molecule has 1 aromatic rings. The molecule has 0 bridgehead atoms.